The molecule has 3 rings (SSSR count). The van der Waals surface area contributed by atoms with Crippen LogP contribution >= 0.6 is 15.9 Å². The summed E-state index contributed by atoms with van der Waals surface area (Å²) in [5, 5.41) is 18.2. The third kappa shape index (κ3) is 1.81. The lowest BCUT2D eigenvalue weighted by molar-refractivity contribution is 0.209. The van der Waals surface area contributed by atoms with Crippen LogP contribution in [0.3, 0.4) is 0 Å². The highest BCUT2D eigenvalue weighted by atomic mass is 79.9. The van der Waals surface area contributed by atoms with E-state index in [1.165, 1.54) is 0 Å². The van der Waals surface area contributed by atoms with Crippen LogP contribution in [0.25, 0.3) is 0 Å². The van der Waals surface area contributed by atoms with Crippen LogP contribution in [-0.4, -0.2) is 26.7 Å². The lowest BCUT2D eigenvalue weighted by Gasteiger charge is -2.12. The van der Waals surface area contributed by atoms with Gasteiger partial charge in [0.15, 0.2) is 4.60 Å². The number of hydrogen-bond acceptors (Lipinski definition) is 4. The van der Waals surface area contributed by atoms with Crippen LogP contribution in [0, 0.1) is 0 Å². The fourth-order valence-corrected chi connectivity index (χ4v) is 2.71. The standard InChI is InChI=1S/C12H12BrN3O2/c1-16-10(12(13)14-15-16)11(17)8-2-3-9-7(6-8)4-5-18-9/h2-3,6,11,17H,4-5H2,1H3. The Bertz CT molecular complexity index is 578. The van der Waals surface area contributed by atoms with E-state index in [-0.39, 0.29) is 0 Å². The van der Waals surface area contributed by atoms with Gasteiger partial charge in [-0.05, 0) is 39.2 Å². The van der Waals surface area contributed by atoms with Crippen molar-refractivity contribution in [3.8, 4) is 5.75 Å². The maximum absolute atomic E-state index is 10.4. The molecule has 0 bridgehead atoms. The van der Waals surface area contributed by atoms with Crippen LogP contribution in [0.15, 0.2) is 22.8 Å². The number of aromatic nitrogens is 3. The van der Waals surface area contributed by atoms with Crippen LogP contribution in [0.5, 0.6) is 5.75 Å². The van der Waals surface area contributed by atoms with Crippen molar-refractivity contribution < 1.29 is 9.84 Å². The van der Waals surface area contributed by atoms with Gasteiger partial charge in [-0.2, -0.15) is 0 Å². The van der Waals surface area contributed by atoms with E-state index in [2.05, 4.69) is 26.2 Å². The molecule has 2 heterocycles. The summed E-state index contributed by atoms with van der Waals surface area (Å²) in [7, 11) is 1.76. The van der Waals surface area contributed by atoms with Crippen molar-refractivity contribution in [3.63, 3.8) is 0 Å². The predicted molar refractivity (Wildman–Crippen MR) is 68.4 cm³/mol. The molecule has 1 aromatic heterocycles. The Labute approximate surface area is 113 Å². The monoisotopic (exact) mass is 309 g/mol. The molecule has 1 N–H and O–H groups in total. The number of benzene rings is 1. The fraction of sp³-hybridized carbons (Fsp3) is 0.333. The number of nitrogens with zero attached hydrogens (tertiary/aromatic N) is 3. The summed E-state index contributed by atoms with van der Waals surface area (Å²) in [6.07, 6.45) is 0.144. The molecular formula is C12H12BrN3O2. The van der Waals surface area contributed by atoms with Gasteiger partial charge in [0.1, 0.15) is 17.5 Å². The van der Waals surface area contributed by atoms with Gasteiger partial charge in [0.2, 0.25) is 0 Å². The maximum atomic E-state index is 10.4. The van der Waals surface area contributed by atoms with E-state index in [0.717, 1.165) is 23.3 Å². The predicted octanol–water partition coefficient (Wildman–Crippen LogP) is 1.59. The second-order valence-corrected chi connectivity index (χ2v) is 5.01. The molecule has 1 unspecified atom stereocenters. The molecule has 1 aliphatic rings. The molecule has 6 heteroatoms. The topological polar surface area (TPSA) is 60.2 Å². The molecule has 0 spiro atoms. The molecule has 0 saturated carbocycles. The van der Waals surface area contributed by atoms with Gasteiger partial charge in [0.25, 0.3) is 0 Å². The number of hydrogen-bond donors (Lipinski definition) is 1. The summed E-state index contributed by atoms with van der Waals surface area (Å²) in [6.45, 7) is 0.714. The van der Waals surface area contributed by atoms with Gasteiger partial charge < -0.3 is 9.84 Å². The minimum atomic E-state index is -0.745. The van der Waals surface area contributed by atoms with Crippen molar-refractivity contribution in [2.24, 2.45) is 7.05 Å². The summed E-state index contributed by atoms with van der Waals surface area (Å²) in [6, 6.07) is 5.75. The van der Waals surface area contributed by atoms with Gasteiger partial charge in [-0.15, -0.1) is 5.10 Å². The molecular weight excluding hydrogens is 298 g/mol. The summed E-state index contributed by atoms with van der Waals surface area (Å²) >= 11 is 3.30. The van der Waals surface area contributed by atoms with E-state index >= 15 is 0 Å². The number of rotatable bonds is 2. The second-order valence-electron chi connectivity index (χ2n) is 4.26. The first-order chi connectivity index (χ1) is 8.66. The molecule has 1 aromatic carbocycles. The Kier molecular flexibility index (Phi) is 2.83. The summed E-state index contributed by atoms with van der Waals surface area (Å²) in [5.41, 5.74) is 2.61. The Morgan fingerprint density at radius 1 is 1.50 bits per heavy atom. The molecule has 0 fully saturated rings. The average Bonchev–Trinajstić information content (AvgIpc) is 2.94. The number of ether oxygens (including phenoxy) is 1. The second kappa shape index (κ2) is 4.37. The Hall–Kier alpha value is -1.40. The van der Waals surface area contributed by atoms with Crippen molar-refractivity contribution in [2.45, 2.75) is 12.5 Å². The summed E-state index contributed by atoms with van der Waals surface area (Å²) in [5.74, 6) is 0.910. The quantitative estimate of drug-likeness (QED) is 0.915. The van der Waals surface area contributed by atoms with E-state index in [0.29, 0.717) is 16.9 Å². The molecule has 1 atom stereocenters. The Morgan fingerprint density at radius 2 is 2.33 bits per heavy atom. The third-order valence-corrected chi connectivity index (χ3v) is 3.68. The molecule has 0 aliphatic carbocycles. The number of halogens is 1. The van der Waals surface area contributed by atoms with Crippen LogP contribution < -0.4 is 4.74 Å². The van der Waals surface area contributed by atoms with Crippen LogP contribution in [-0.2, 0) is 13.5 Å². The normalized spacial score (nSPS) is 15.3. The Balaban J connectivity index is 2.00. The van der Waals surface area contributed by atoms with Gasteiger partial charge in [0.05, 0.1) is 6.61 Å². The van der Waals surface area contributed by atoms with Gasteiger partial charge in [-0.25, -0.2) is 4.68 Å². The van der Waals surface area contributed by atoms with E-state index in [9.17, 15) is 5.11 Å². The first kappa shape index (κ1) is 11.7. The minimum Gasteiger partial charge on any atom is -0.493 e. The van der Waals surface area contributed by atoms with Gasteiger partial charge in [-0.3, -0.25) is 0 Å². The van der Waals surface area contributed by atoms with Crippen LogP contribution in [0.2, 0.25) is 0 Å². The van der Waals surface area contributed by atoms with E-state index in [4.69, 9.17) is 4.74 Å². The molecule has 2 aromatic rings. The largest absolute Gasteiger partial charge is 0.493 e. The van der Waals surface area contributed by atoms with Crippen molar-refractivity contribution in [3.05, 3.63) is 39.6 Å². The van der Waals surface area contributed by atoms with Crippen molar-refractivity contribution >= 4 is 15.9 Å². The molecule has 0 amide bonds. The van der Waals surface area contributed by atoms with E-state index in [1.807, 2.05) is 18.2 Å². The zero-order valence-electron chi connectivity index (χ0n) is 9.80. The lowest BCUT2D eigenvalue weighted by atomic mass is 10.0. The number of aliphatic hydroxyl groups excluding tert-OH is 1. The molecule has 0 radical (unpaired) electrons. The average molecular weight is 310 g/mol. The van der Waals surface area contributed by atoms with Crippen LogP contribution in [0.4, 0.5) is 0 Å². The molecule has 1 aliphatic heterocycles. The first-order valence-electron chi connectivity index (χ1n) is 5.65. The van der Waals surface area contributed by atoms with Crippen molar-refractivity contribution in [1.29, 1.82) is 0 Å². The summed E-state index contributed by atoms with van der Waals surface area (Å²) in [4.78, 5) is 0. The van der Waals surface area contributed by atoms with E-state index < -0.39 is 6.10 Å². The van der Waals surface area contributed by atoms with Gasteiger partial charge >= 0.3 is 0 Å². The highest BCUT2D eigenvalue weighted by Gasteiger charge is 2.21. The molecule has 18 heavy (non-hydrogen) atoms. The Morgan fingerprint density at radius 3 is 3.06 bits per heavy atom. The van der Waals surface area contributed by atoms with Crippen molar-refractivity contribution in [1.82, 2.24) is 15.0 Å². The summed E-state index contributed by atoms with van der Waals surface area (Å²) < 4.78 is 7.58. The fourth-order valence-electron chi connectivity index (χ4n) is 2.16. The third-order valence-electron chi connectivity index (χ3n) is 3.11. The number of aliphatic hydroxyl groups is 1. The molecule has 5 nitrogen and oxygen atoms in total. The smallest absolute Gasteiger partial charge is 0.154 e. The lowest BCUT2D eigenvalue weighted by Crippen LogP contribution is -2.07. The number of aryl methyl sites for hydroxylation is 1. The maximum Gasteiger partial charge on any atom is 0.154 e. The zero-order chi connectivity index (χ0) is 12.7. The number of fused-ring (bicyclic) bond motifs is 1. The van der Waals surface area contributed by atoms with Gasteiger partial charge in [0, 0.05) is 13.5 Å². The van der Waals surface area contributed by atoms with E-state index in [1.54, 1.807) is 11.7 Å². The highest BCUT2D eigenvalue weighted by Crippen LogP contribution is 2.32. The van der Waals surface area contributed by atoms with Gasteiger partial charge in [-0.1, -0.05) is 11.3 Å². The van der Waals surface area contributed by atoms with Crippen molar-refractivity contribution in [2.75, 3.05) is 6.61 Å². The zero-order valence-corrected chi connectivity index (χ0v) is 11.4. The first-order valence-corrected chi connectivity index (χ1v) is 6.45. The highest BCUT2D eigenvalue weighted by molar-refractivity contribution is 9.10. The minimum absolute atomic E-state index is 0.564. The molecule has 94 valence electrons. The SMILES string of the molecule is Cn1nnc(Br)c1C(O)c1ccc2c(c1)CCO2. The molecule has 0 saturated heterocycles. The van der Waals surface area contributed by atoms with Crippen LogP contribution in [0.1, 0.15) is 22.9 Å².